The minimum Gasteiger partial charge on any atom is -0.480 e. The molecule has 1 aromatic heterocycles. The van der Waals surface area contributed by atoms with Gasteiger partial charge >= 0.3 is 5.97 Å². The first-order chi connectivity index (χ1) is 7.65. The van der Waals surface area contributed by atoms with Gasteiger partial charge in [0.05, 0.1) is 12.4 Å². The van der Waals surface area contributed by atoms with Gasteiger partial charge in [-0.15, -0.1) is 5.10 Å². The minimum atomic E-state index is -1.31. The van der Waals surface area contributed by atoms with Crippen LogP contribution in [0.3, 0.4) is 0 Å². The molecule has 0 spiro atoms. The Hall–Kier alpha value is -2.05. The van der Waals surface area contributed by atoms with Crippen molar-refractivity contribution in [1.29, 1.82) is 0 Å². The third kappa shape index (κ3) is 1.60. The summed E-state index contributed by atoms with van der Waals surface area (Å²) in [7, 11) is 0. The van der Waals surface area contributed by atoms with Crippen LogP contribution in [0.4, 0.5) is 5.95 Å². The first-order valence-electron chi connectivity index (χ1n) is 4.84. The largest absolute Gasteiger partial charge is 0.480 e. The SMILES string of the molecule is O=C(O)C1(C(=O)Nc2nccnn2)CCC1. The fourth-order valence-electron chi connectivity index (χ4n) is 1.59. The predicted octanol–water partition coefficient (Wildman–Crippen LogP) is 0.0650. The van der Waals surface area contributed by atoms with Gasteiger partial charge in [-0.1, -0.05) is 6.42 Å². The lowest BCUT2D eigenvalue weighted by atomic mass is 9.68. The molecule has 0 aliphatic heterocycles. The zero-order chi connectivity index (χ0) is 11.6. The Morgan fingerprint density at radius 1 is 1.38 bits per heavy atom. The van der Waals surface area contributed by atoms with Gasteiger partial charge in [0.15, 0.2) is 0 Å². The minimum absolute atomic E-state index is 0.0278. The first kappa shape index (κ1) is 10.5. The summed E-state index contributed by atoms with van der Waals surface area (Å²) < 4.78 is 0. The number of hydrogen-bond donors (Lipinski definition) is 2. The molecule has 1 heterocycles. The number of nitrogens with zero attached hydrogens (tertiary/aromatic N) is 3. The number of anilines is 1. The second-order valence-corrected chi connectivity index (χ2v) is 3.66. The maximum atomic E-state index is 11.8. The summed E-state index contributed by atoms with van der Waals surface area (Å²) in [6.45, 7) is 0. The number of amides is 1. The number of carbonyl (C=O) groups is 2. The van der Waals surface area contributed by atoms with Gasteiger partial charge in [-0.3, -0.25) is 14.9 Å². The van der Waals surface area contributed by atoms with Gasteiger partial charge in [-0.05, 0) is 12.8 Å². The maximum absolute atomic E-state index is 11.8. The molecule has 2 rings (SSSR count). The van der Waals surface area contributed by atoms with Gasteiger partial charge < -0.3 is 5.11 Å². The summed E-state index contributed by atoms with van der Waals surface area (Å²) in [5, 5.41) is 18.5. The van der Waals surface area contributed by atoms with Gasteiger partial charge in [-0.25, -0.2) is 4.98 Å². The van der Waals surface area contributed by atoms with Crippen LogP contribution >= 0.6 is 0 Å². The molecule has 1 saturated carbocycles. The molecule has 7 heteroatoms. The number of aromatic nitrogens is 3. The fourth-order valence-corrected chi connectivity index (χ4v) is 1.59. The first-order valence-corrected chi connectivity index (χ1v) is 4.84. The summed E-state index contributed by atoms with van der Waals surface area (Å²) in [4.78, 5) is 26.5. The standard InChI is InChI=1S/C9H10N4O3/c14-6(9(7(15)16)2-1-3-9)12-8-10-4-5-11-13-8/h4-5H,1-3H2,(H,15,16)(H,10,12,13,14). The Bertz CT molecular complexity index is 416. The molecule has 1 aromatic rings. The number of hydrogen-bond acceptors (Lipinski definition) is 5. The molecule has 16 heavy (non-hydrogen) atoms. The topological polar surface area (TPSA) is 105 Å². The van der Waals surface area contributed by atoms with Crippen molar-refractivity contribution in [2.45, 2.75) is 19.3 Å². The third-order valence-electron chi connectivity index (χ3n) is 2.76. The summed E-state index contributed by atoms with van der Waals surface area (Å²) in [6.07, 6.45) is 4.19. The monoisotopic (exact) mass is 222 g/mol. The lowest BCUT2D eigenvalue weighted by Crippen LogP contribution is -2.48. The Morgan fingerprint density at radius 2 is 2.12 bits per heavy atom. The second-order valence-electron chi connectivity index (χ2n) is 3.66. The van der Waals surface area contributed by atoms with Crippen LogP contribution in [0, 0.1) is 5.41 Å². The summed E-state index contributed by atoms with van der Waals surface area (Å²) in [5.41, 5.74) is -1.31. The van der Waals surface area contributed by atoms with Crippen LogP contribution in [0.25, 0.3) is 0 Å². The second kappa shape index (κ2) is 3.84. The molecular formula is C9H10N4O3. The van der Waals surface area contributed by atoms with Gasteiger partial charge in [0.1, 0.15) is 5.41 Å². The summed E-state index contributed by atoms with van der Waals surface area (Å²) >= 11 is 0. The lowest BCUT2D eigenvalue weighted by Gasteiger charge is -2.35. The number of carbonyl (C=O) groups excluding carboxylic acids is 1. The molecule has 0 saturated heterocycles. The van der Waals surface area contributed by atoms with E-state index in [1.165, 1.54) is 12.4 Å². The van der Waals surface area contributed by atoms with Crippen LogP contribution in [0.2, 0.25) is 0 Å². The van der Waals surface area contributed by atoms with Crippen LogP contribution in [0.1, 0.15) is 19.3 Å². The fraction of sp³-hybridized carbons (Fsp3) is 0.444. The van der Waals surface area contributed by atoms with Crippen molar-refractivity contribution in [3.8, 4) is 0 Å². The van der Waals surface area contributed by atoms with Gasteiger partial charge in [-0.2, -0.15) is 5.10 Å². The van der Waals surface area contributed by atoms with Gasteiger partial charge in [0.2, 0.25) is 11.9 Å². The van der Waals surface area contributed by atoms with E-state index in [1.54, 1.807) is 0 Å². The average molecular weight is 222 g/mol. The zero-order valence-corrected chi connectivity index (χ0v) is 8.38. The molecule has 0 unspecified atom stereocenters. The smallest absolute Gasteiger partial charge is 0.319 e. The molecule has 1 amide bonds. The van der Waals surface area contributed by atoms with Crippen molar-refractivity contribution in [2.75, 3.05) is 5.32 Å². The molecule has 0 atom stereocenters. The Balaban J connectivity index is 2.11. The number of rotatable bonds is 3. The highest BCUT2D eigenvalue weighted by molar-refractivity contribution is 6.08. The highest BCUT2D eigenvalue weighted by atomic mass is 16.4. The van der Waals surface area contributed by atoms with E-state index in [9.17, 15) is 9.59 Å². The van der Waals surface area contributed by atoms with E-state index in [0.717, 1.165) is 6.42 Å². The number of nitrogens with one attached hydrogen (secondary N) is 1. The van der Waals surface area contributed by atoms with Gasteiger partial charge in [0.25, 0.3) is 0 Å². The van der Waals surface area contributed by atoms with Crippen molar-refractivity contribution in [3.05, 3.63) is 12.4 Å². The normalized spacial score (nSPS) is 17.2. The molecular weight excluding hydrogens is 212 g/mol. The number of carboxylic acid groups (broad SMARTS) is 1. The third-order valence-corrected chi connectivity index (χ3v) is 2.76. The summed E-state index contributed by atoms with van der Waals surface area (Å²) in [6, 6.07) is 0. The van der Waals surface area contributed by atoms with E-state index in [-0.39, 0.29) is 5.95 Å². The van der Waals surface area contributed by atoms with Crippen LogP contribution in [-0.2, 0) is 9.59 Å². The molecule has 1 aliphatic rings. The molecule has 2 N–H and O–H groups in total. The summed E-state index contributed by atoms with van der Waals surface area (Å²) in [5.74, 6) is -1.64. The molecule has 84 valence electrons. The maximum Gasteiger partial charge on any atom is 0.319 e. The predicted molar refractivity (Wildman–Crippen MR) is 52.4 cm³/mol. The van der Waals surface area contributed by atoms with Crippen LogP contribution in [0.15, 0.2) is 12.4 Å². The molecule has 1 aliphatic carbocycles. The molecule has 0 bridgehead atoms. The Labute approximate surface area is 90.9 Å². The van der Waals surface area contributed by atoms with E-state index < -0.39 is 17.3 Å². The molecule has 1 fully saturated rings. The lowest BCUT2D eigenvalue weighted by molar-refractivity contribution is -0.159. The van der Waals surface area contributed by atoms with E-state index in [0.29, 0.717) is 12.8 Å². The van der Waals surface area contributed by atoms with Crippen molar-refractivity contribution in [2.24, 2.45) is 5.41 Å². The average Bonchev–Trinajstić information content (AvgIpc) is 2.16. The van der Waals surface area contributed by atoms with E-state index >= 15 is 0 Å². The highest BCUT2D eigenvalue weighted by Gasteiger charge is 2.51. The van der Waals surface area contributed by atoms with Crippen LogP contribution in [0.5, 0.6) is 0 Å². The van der Waals surface area contributed by atoms with Crippen LogP contribution in [-0.4, -0.2) is 32.2 Å². The number of aliphatic carboxylic acids is 1. The molecule has 7 nitrogen and oxygen atoms in total. The Morgan fingerprint density at radius 3 is 2.56 bits per heavy atom. The van der Waals surface area contributed by atoms with Gasteiger partial charge in [0, 0.05) is 0 Å². The molecule has 0 radical (unpaired) electrons. The Kier molecular flexibility index (Phi) is 2.51. The van der Waals surface area contributed by atoms with Crippen molar-refractivity contribution < 1.29 is 14.7 Å². The number of carboxylic acids is 1. The van der Waals surface area contributed by atoms with Crippen LogP contribution < -0.4 is 5.32 Å². The quantitative estimate of drug-likeness (QED) is 0.701. The molecule has 0 aromatic carbocycles. The van der Waals surface area contributed by atoms with Crippen molar-refractivity contribution >= 4 is 17.8 Å². The van der Waals surface area contributed by atoms with E-state index in [1.807, 2.05) is 0 Å². The van der Waals surface area contributed by atoms with E-state index in [2.05, 4.69) is 20.5 Å². The van der Waals surface area contributed by atoms with E-state index in [4.69, 9.17) is 5.11 Å². The van der Waals surface area contributed by atoms with Crippen molar-refractivity contribution in [1.82, 2.24) is 15.2 Å². The zero-order valence-electron chi connectivity index (χ0n) is 8.38. The van der Waals surface area contributed by atoms with Crippen molar-refractivity contribution in [3.63, 3.8) is 0 Å². The highest BCUT2D eigenvalue weighted by Crippen LogP contribution is 2.41.